The van der Waals surface area contributed by atoms with E-state index in [1.807, 2.05) is 6.92 Å². The van der Waals surface area contributed by atoms with E-state index in [0.29, 0.717) is 12.5 Å². The van der Waals surface area contributed by atoms with Gasteiger partial charge in [-0.15, -0.1) is 0 Å². The lowest BCUT2D eigenvalue weighted by atomic mass is 9.91. The molecule has 160 valence electrons. The highest BCUT2D eigenvalue weighted by molar-refractivity contribution is 5.68. The number of aliphatic hydroxyl groups excluding tert-OH is 2. The average Bonchev–Trinajstić information content (AvgIpc) is 2.58. The molecule has 1 rings (SSSR count). The van der Waals surface area contributed by atoms with Gasteiger partial charge in [0.25, 0.3) is 0 Å². The SMILES string of the molecule is CNC[C@@](O)(CCCCCC[C@H](O)CC[C@@H]1CC[C@@H](O)[C@H](C)N1)CC(=O)O. The van der Waals surface area contributed by atoms with Gasteiger partial charge in [0.05, 0.1) is 24.2 Å². The lowest BCUT2D eigenvalue weighted by molar-refractivity contribution is -0.142. The number of piperidine rings is 1. The van der Waals surface area contributed by atoms with E-state index < -0.39 is 11.6 Å². The molecule has 1 saturated heterocycles. The van der Waals surface area contributed by atoms with Crippen molar-refractivity contribution in [3.63, 3.8) is 0 Å². The minimum Gasteiger partial charge on any atom is -0.481 e. The third-order valence-electron chi connectivity index (χ3n) is 5.65. The summed E-state index contributed by atoms with van der Waals surface area (Å²) in [7, 11) is 1.71. The molecule has 0 aromatic rings. The molecular weight excluding hydrogens is 348 g/mol. The van der Waals surface area contributed by atoms with E-state index in [-0.39, 0.29) is 31.2 Å². The number of hydrogen-bond acceptors (Lipinski definition) is 6. The van der Waals surface area contributed by atoms with Crippen LogP contribution in [0.3, 0.4) is 0 Å². The molecule has 1 heterocycles. The normalized spacial score (nSPS) is 26.5. The van der Waals surface area contributed by atoms with Gasteiger partial charge in [-0.1, -0.05) is 25.7 Å². The zero-order chi connectivity index (χ0) is 20.3. The van der Waals surface area contributed by atoms with Crippen molar-refractivity contribution in [1.82, 2.24) is 10.6 Å². The van der Waals surface area contributed by atoms with Crippen LogP contribution in [0.2, 0.25) is 0 Å². The number of carbonyl (C=O) groups is 1. The Morgan fingerprint density at radius 1 is 1.22 bits per heavy atom. The predicted octanol–water partition coefficient (Wildman–Crippen LogP) is 1.39. The highest BCUT2D eigenvalue weighted by Gasteiger charge is 2.28. The summed E-state index contributed by atoms with van der Waals surface area (Å²) in [5.74, 6) is -0.979. The molecule has 27 heavy (non-hydrogen) atoms. The first kappa shape index (κ1) is 24.3. The molecule has 0 aliphatic carbocycles. The number of unbranched alkanes of at least 4 members (excludes halogenated alkanes) is 3. The third-order valence-corrected chi connectivity index (χ3v) is 5.65. The fraction of sp³-hybridized carbons (Fsp3) is 0.950. The molecule has 0 spiro atoms. The Hall–Kier alpha value is -0.730. The zero-order valence-electron chi connectivity index (χ0n) is 17.0. The molecule has 7 nitrogen and oxygen atoms in total. The van der Waals surface area contributed by atoms with E-state index in [2.05, 4.69) is 10.6 Å². The van der Waals surface area contributed by atoms with Gasteiger partial charge in [-0.3, -0.25) is 4.79 Å². The lowest BCUT2D eigenvalue weighted by Gasteiger charge is -2.33. The molecule has 1 fully saturated rings. The van der Waals surface area contributed by atoms with Crippen LogP contribution in [0.1, 0.15) is 77.6 Å². The van der Waals surface area contributed by atoms with Crippen LogP contribution in [0.25, 0.3) is 0 Å². The maximum Gasteiger partial charge on any atom is 0.306 e. The van der Waals surface area contributed by atoms with Gasteiger partial charge in [-0.25, -0.2) is 0 Å². The van der Waals surface area contributed by atoms with E-state index in [4.69, 9.17) is 5.11 Å². The maximum absolute atomic E-state index is 10.9. The third kappa shape index (κ3) is 10.4. The maximum atomic E-state index is 10.9. The van der Waals surface area contributed by atoms with E-state index in [1.165, 1.54) is 0 Å². The number of likely N-dealkylation sites (N-methyl/N-ethyl adjacent to an activating group) is 1. The topological polar surface area (TPSA) is 122 Å². The molecule has 0 aromatic heterocycles. The number of carboxylic acids is 1. The van der Waals surface area contributed by atoms with Crippen LogP contribution >= 0.6 is 0 Å². The molecule has 0 amide bonds. The first-order chi connectivity index (χ1) is 12.8. The quantitative estimate of drug-likeness (QED) is 0.249. The van der Waals surface area contributed by atoms with Crippen LogP contribution in [0.4, 0.5) is 0 Å². The summed E-state index contributed by atoms with van der Waals surface area (Å²) in [5.41, 5.74) is -1.18. The number of aliphatic hydroxyl groups is 3. The largest absolute Gasteiger partial charge is 0.481 e. The number of nitrogens with one attached hydrogen (secondary N) is 2. The van der Waals surface area contributed by atoms with Crippen LogP contribution in [0.5, 0.6) is 0 Å². The second kappa shape index (κ2) is 12.7. The molecule has 0 bridgehead atoms. The lowest BCUT2D eigenvalue weighted by Crippen LogP contribution is -2.48. The van der Waals surface area contributed by atoms with Gasteiger partial charge in [0, 0.05) is 18.6 Å². The van der Waals surface area contributed by atoms with E-state index in [1.54, 1.807) is 7.05 Å². The van der Waals surface area contributed by atoms with Gasteiger partial charge in [0.1, 0.15) is 0 Å². The minimum atomic E-state index is -1.18. The number of carboxylic acid groups (broad SMARTS) is 1. The first-order valence-corrected chi connectivity index (χ1v) is 10.5. The van der Waals surface area contributed by atoms with E-state index in [0.717, 1.165) is 57.8 Å². The van der Waals surface area contributed by atoms with Crippen LogP contribution in [0, 0.1) is 0 Å². The van der Waals surface area contributed by atoms with Gasteiger partial charge in [-0.05, 0) is 52.5 Å². The monoisotopic (exact) mass is 388 g/mol. The van der Waals surface area contributed by atoms with Gasteiger partial charge < -0.3 is 31.1 Å². The van der Waals surface area contributed by atoms with Gasteiger partial charge in [-0.2, -0.15) is 0 Å². The van der Waals surface area contributed by atoms with Crippen molar-refractivity contribution in [3.8, 4) is 0 Å². The fourth-order valence-corrected chi connectivity index (χ4v) is 3.99. The summed E-state index contributed by atoms with van der Waals surface area (Å²) in [5, 5.41) is 45.4. The second-order valence-corrected chi connectivity index (χ2v) is 8.31. The minimum absolute atomic E-state index is 0.128. The van der Waals surface area contributed by atoms with E-state index in [9.17, 15) is 20.1 Å². The van der Waals surface area contributed by atoms with Crippen molar-refractivity contribution >= 4 is 5.97 Å². The Morgan fingerprint density at radius 3 is 2.56 bits per heavy atom. The van der Waals surface area contributed by atoms with Gasteiger partial charge in [0.15, 0.2) is 0 Å². The van der Waals surface area contributed by atoms with Gasteiger partial charge >= 0.3 is 5.97 Å². The summed E-state index contributed by atoms with van der Waals surface area (Å²) in [6.07, 6.45) is 7.60. The standard InChI is InChI=1S/C20H40N2O5/c1-15-18(24)11-9-16(22-15)8-10-17(23)7-5-3-4-6-12-20(27,14-21-2)13-19(25)26/h15-18,21-24,27H,3-14H2,1-2H3,(H,25,26)/t15-,16+,17-,18+,20+/m0/s1. The Labute approximate surface area is 163 Å². The van der Waals surface area contributed by atoms with E-state index >= 15 is 0 Å². The van der Waals surface area contributed by atoms with Crippen molar-refractivity contribution in [2.24, 2.45) is 0 Å². The van der Waals surface area contributed by atoms with Crippen molar-refractivity contribution in [3.05, 3.63) is 0 Å². The summed E-state index contributed by atoms with van der Waals surface area (Å²) in [6.45, 7) is 2.28. The predicted molar refractivity (Wildman–Crippen MR) is 106 cm³/mol. The van der Waals surface area contributed by atoms with Crippen molar-refractivity contribution in [2.75, 3.05) is 13.6 Å². The van der Waals surface area contributed by atoms with Crippen LogP contribution in [0.15, 0.2) is 0 Å². The Kier molecular flexibility index (Phi) is 11.4. The molecule has 6 N–H and O–H groups in total. The fourth-order valence-electron chi connectivity index (χ4n) is 3.99. The van der Waals surface area contributed by atoms with Crippen LogP contribution in [-0.2, 0) is 4.79 Å². The smallest absolute Gasteiger partial charge is 0.306 e. The average molecular weight is 389 g/mol. The molecule has 5 atom stereocenters. The van der Waals surface area contributed by atoms with Gasteiger partial charge in [0.2, 0.25) is 0 Å². The molecule has 0 aromatic carbocycles. The summed E-state index contributed by atoms with van der Waals surface area (Å²) in [4.78, 5) is 10.9. The highest BCUT2D eigenvalue weighted by Crippen LogP contribution is 2.21. The first-order valence-electron chi connectivity index (χ1n) is 10.5. The molecule has 0 radical (unpaired) electrons. The molecule has 0 saturated carbocycles. The molecular formula is C20H40N2O5. The van der Waals surface area contributed by atoms with Crippen molar-refractivity contribution < 1.29 is 25.2 Å². The summed E-state index contributed by atoms with van der Waals surface area (Å²) < 4.78 is 0. The Bertz CT molecular complexity index is 423. The molecule has 1 aliphatic rings. The summed E-state index contributed by atoms with van der Waals surface area (Å²) >= 11 is 0. The number of rotatable bonds is 14. The van der Waals surface area contributed by atoms with Crippen molar-refractivity contribution in [1.29, 1.82) is 0 Å². The van der Waals surface area contributed by atoms with Crippen LogP contribution < -0.4 is 10.6 Å². The molecule has 7 heteroatoms. The molecule has 0 unspecified atom stereocenters. The Balaban J connectivity index is 2.09. The van der Waals surface area contributed by atoms with Crippen molar-refractivity contribution in [2.45, 2.75) is 107 Å². The molecule has 1 aliphatic heterocycles. The Morgan fingerprint density at radius 2 is 1.93 bits per heavy atom. The zero-order valence-corrected chi connectivity index (χ0v) is 17.0. The summed E-state index contributed by atoms with van der Waals surface area (Å²) in [6, 6.07) is 0.515. The second-order valence-electron chi connectivity index (χ2n) is 8.31. The number of aliphatic carboxylic acids is 1. The van der Waals surface area contributed by atoms with Crippen LogP contribution in [-0.4, -0.2) is 69.9 Å². The highest BCUT2D eigenvalue weighted by atomic mass is 16.4. The number of hydrogen-bond donors (Lipinski definition) is 6.